The molecule has 0 radical (unpaired) electrons. The molecule has 0 fully saturated rings. The first kappa shape index (κ1) is 18.6. The van der Waals surface area contributed by atoms with Crippen molar-refractivity contribution in [2.75, 3.05) is 0 Å². The summed E-state index contributed by atoms with van der Waals surface area (Å²) in [4.78, 5) is 0. The zero-order valence-electron chi connectivity index (χ0n) is 10.0. The minimum absolute atomic E-state index is 0. The molecule has 0 spiro atoms. The van der Waals surface area contributed by atoms with E-state index in [0.29, 0.717) is 0 Å². The van der Waals surface area contributed by atoms with E-state index in [-0.39, 0.29) is 28.4 Å². The molecule has 0 saturated heterocycles. The molecule has 0 N–H and O–H groups in total. The van der Waals surface area contributed by atoms with Gasteiger partial charge in [-0.25, -0.2) is 0 Å². The van der Waals surface area contributed by atoms with Crippen LogP contribution in [0.3, 0.4) is 0 Å². The van der Waals surface area contributed by atoms with Gasteiger partial charge in [-0.3, -0.25) is 0 Å². The van der Waals surface area contributed by atoms with Gasteiger partial charge in [0, 0.05) is 0 Å². The van der Waals surface area contributed by atoms with Crippen molar-refractivity contribution in [3.8, 4) is 0 Å². The number of unbranched alkanes of at least 4 members (excludes halogenated alkanes) is 3. The summed E-state index contributed by atoms with van der Waals surface area (Å²) >= 11 is 0. The van der Waals surface area contributed by atoms with Crippen LogP contribution in [0.2, 0.25) is 6.55 Å². The number of hydrogen-bond acceptors (Lipinski definition) is 0. The van der Waals surface area contributed by atoms with E-state index in [0.717, 1.165) is 0 Å². The van der Waals surface area contributed by atoms with Gasteiger partial charge < -0.3 is 5.54 Å². The van der Waals surface area contributed by atoms with Crippen LogP contribution >= 0.6 is 0 Å². The van der Waals surface area contributed by atoms with Gasteiger partial charge >= 0.3 is 18.9 Å². The smallest absolute Gasteiger partial charge is 0.324 e. The number of rotatable bonds is 4. The predicted octanol–water partition coefficient (Wildman–Crippen LogP) is 0.366. The standard InChI is InChI=1S/C6H14.C4H11Si.Li/c1-3-5-6-4-2;1-4(2)5-3;/h3-6H2,1-2H3;5H2,1-3H3;/q;-1;+1. The van der Waals surface area contributed by atoms with E-state index < -0.39 is 0 Å². The van der Waals surface area contributed by atoms with Gasteiger partial charge in [-0.05, 0) is 0 Å². The summed E-state index contributed by atoms with van der Waals surface area (Å²) in [5.74, 6) is 0. The second-order valence-corrected chi connectivity index (χ2v) is 5.39. The van der Waals surface area contributed by atoms with Crippen LogP contribution in [-0.4, -0.2) is 9.52 Å². The van der Waals surface area contributed by atoms with Crippen LogP contribution in [0.15, 0.2) is 0 Å². The normalized spacial score (nSPS) is 9.50. The molecule has 0 atom stereocenters. The maximum absolute atomic E-state index is 2.30. The molecule has 0 amide bonds. The van der Waals surface area contributed by atoms with Crippen molar-refractivity contribution in [2.45, 2.75) is 59.9 Å². The summed E-state index contributed by atoms with van der Waals surface area (Å²) in [6.07, 6.45) is 5.54. The van der Waals surface area contributed by atoms with E-state index in [1.54, 1.807) is 5.54 Å². The van der Waals surface area contributed by atoms with Crippen molar-refractivity contribution < 1.29 is 18.9 Å². The van der Waals surface area contributed by atoms with Crippen molar-refractivity contribution >= 4 is 9.52 Å². The summed E-state index contributed by atoms with van der Waals surface area (Å²) in [5.41, 5.74) is 1.64. The third-order valence-electron chi connectivity index (χ3n) is 1.66. The molecule has 0 aliphatic carbocycles. The molecule has 0 aliphatic rings. The molecule has 0 aromatic rings. The molecule has 0 saturated carbocycles. The van der Waals surface area contributed by atoms with Crippen LogP contribution in [-0.2, 0) is 0 Å². The molecule has 0 aromatic carbocycles. The predicted molar refractivity (Wildman–Crippen MR) is 58.8 cm³/mol. The maximum Gasteiger partial charge on any atom is 1.00 e. The Morgan fingerprint density at radius 2 is 1.25 bits per heavy atom. The zero-order valence-corrected chi connectivity index (χ0v) is 11.4. The van der Waals surface area contributed by atoms with E-state index in [9.17, 15) is 0 Å². The Labute approximate surface area is 93.9 Å². The van der Waals surface area contributed by atoms with Gasteiger partial charge in [0.15, 0.2) is 0 Å². The Morgan fingerprint density at radius 3 is 1.33 bits per heavy atom. The van der Waals surface area contributed by atoms with Crippen LogP contribution in [0.5, 0.6) is 0 Å². The van der Waals surface area contributed by atoms with Crippen LogP contribution in [0, 0.1) is 5.54 Å². The van der Waals surface area contributed by atoms with Crippen LogP contribution < -0.4 is 18.9 Å². The molecule has 0 nitrogen and oxygen atoms in total. The molecule has 70 valence electrons. The first-order valence-corrected chi connectivity index (χ1v) is 7.10. The van der Waals surface area contributed by atoms with Crippen LogP contribution in [0.25, 0.3) is 0 Å². The van der Waals surface area contributed by atoms with Crippen LogP contribution in [0.4, 0.5) is 0 Å². The Kier molecular flexibility index (Phi) is 27.5. The summed E-state index contributed by atoms with van der Waals surface area (Å²) in [6.45, 7) is 11.2. The third-order valence-corrected chi connectivity index (χ3v) is 3.08. The van der Waals surface area contributed by atoms with E-state index in [2.05, 4.69) is 34.2 Å². The monoisotopic (exact) mass is 180 g/mol. The van der Waals surface area contributed by atoms with Crippen molar-refractivity contribution in [1.82, 2.24) is 0 Å². The van der Waals surface area contributed by atoms with Gasteiger partial charge in [0.25, 0.3) is 0 Å². The van der Waals surface area contributed by atoms with Gasteiger partial charge in [0.05, 0.1) is 0 Å². The van der Waals surface area contributed by atoms with Gasteiger partial charge in [-0.1, -0.05) is 39.5 Å². The maximum atomic E-state index is 2.30. The molecule has 0 rings (SSSR count). The second-order valence-electron chi connectivity index (χ2n) is 3.27. The molecule has 0 heterocycles. The Morgan fingerprint density at radius 1 is 1.00 bits per heavy atom. The minimum Gasteiger partial charge on any atom is -0.324 e. The summed E-state index contributed by atoms with van der Waals surface area (Å²) < 4.78 is 0. The fraction of sp³-hybridized carbons (Fsp3) is 0.900. The topological polar surface area (TPSA) is 0 Å². The Balaban J connectivity index is -0.000000126. The summed E-state index contributed by atoms with van der Waals surface area (Å²) in [7, 11) is 0.265. The van der Waals surface area contributed by atoms with Gasteiger partial charge in [0.1, 0.15) is 0 Å². The van der Waals surface area contributed by atoms with Crippen LogP contribution in [0.1, 0.15) is 53.4 Å². The van der Waals surface area contributed by atoms with Crippen molar-refractivity contribution in [3.63, 3.8) is 0 Å². The Hall–Kier alpha value is 0.814. The van der Waals surface area contributed by atoms with E-state index in [1.165, 1.54) is 25.7 Å². The summed E-state index contributed by atoms with van der Waals surface area (Å²) in [5, 5.41) is 0. The SMILES string of the molecule is CCCCCC.C[SiH2][C-](C)C.[Li+]. The second kappa shape index (κ2) is 17.8. The Bertz CT molecular complexity index is 51.8. The minimum atomic E-state index is 0. The quantitative estimate of drug-likeness (QED) is 0.333. The fourth-order valence-electron chi connectivity index (χ4n) is 0.500. The summed E-state index contributed by atoms with van der Waals surface area (Å²) in [6, 6.07) is 0. The van der Waals surface area contributed by atoms with Crippen molar-refractivity contribution in [3.05, 3.63) is 5.54 Å². The zero-order chi connectivity index (χ0) is 9.11. The van der Waals surface area contributed by atoms with E-state index in [4.69, 9.17) is 0 Å². The largest absolute Gasteiger partial charge is 1.00 e. The molecular weight excluding hydrogens is 155 g/mol. The van der Waals surface area contributed by atoms with Crippen molar-refractivity contribution in [2.24, 2.45) is 0 Å². The molecule has 0 bridgehead atoms. The third kappa shape index (κ3) is 30.8. The van der Waals surface area contributed by atoms with Gasteiger partial charge in [-0.15, -0.1) is 16.1 Å². The molecule has 0 unspecified atom stereocenters. The average Bonchev–Trinajstić information content (AvgIpc) is 2.02. The fourth-order valence-corrected chi connectivity index (χ4v) is 0.500. The van der Waals surface area contributed by atoms with E-state index >= 15 is 0 Å². The first-order valence-electron chi connectivity index (χ1n) is 4.97. The van der Waals surface area contributed by atoms with Gasteiger partial charge in [-0.2, -0.15) is 13.8 Å². The van der Waals surface area contributed by atoms with Crippen molar-refractivity contribution in [1.29, 1.82) is 0 Å². The molecule has 0 aliphatic heterocycles. The molecule has 2 heteroatoms. The molecular formula is C10H25LiSi. The molecule has 0 aromatic heterocycles. The average molecular weight is 180 g/mol. The van der Waals surface area contributed by atoms with Gasteiger partial charge in [0.2, 0.25) is 0 Å². The van der Waals surface area contributed by atoms with E-state index in [1.807, 2.05) is 0 Å². The number of hydrogen-bond donors (Lipinski definition) is 0. The first-order chi connectivity index (χ1) is 5.18. The molecule has 12 heavy (non-hydrogen) atoms.